The Morgan fingerprint density at radius 1 is 1.44 bits per heavy atom. The third-order valence-electron chi connectivity index (χ3n) is 2.47. The molecule has 0 aliphatic heterocycles. The van der Waals surface area contributed by atoms with E-state index in [4.69, 9.17) is 0 Å². The summed E-state index contributed by atoms with van der Waals surface area (Å²) in [5, 5.41) is 12.0. The normalized spacial score (nSPS) is 13.6. The van der Waals surface area contributed by atoms with Crippen molar-refractivity contribution < 1.29 is 9.90 Å². The lowest BCUT2D eigenvalue weighted by Gasteiger charge is -2.11. The van der Waals surface area contributed by atoms with Gasteiger partial charge >= 0.3 is 0 Å². The molecule has 4 nitrogen and oxygen atoms in total. The number of carbonyl (C=O) groups is 1. The van der Waals surface area contributed by atoms with Gasteiger partial charge in [-0.2, -0.15) is 4.99 Å². The van der Waals surface area contributed by atoms with Crippen LogP contribution in [0.3, 0.4) is 0 Å². The molecule has 0 fully saturated rings. The number of carbonyl (C=O) groups excluding carboxylic acids is 1. The van der Waals surface area contributed by atoms with Crippen molar-refractivity contribution in [2.75, 3.05) is 0 Å². The number of aromatic nitrogens is 1. The fraction of sp³-hybridized carbons (Fsp3) is 0.231. The predicted octanol–water partition coefficient (Wildman–Crippen LogP) is 1.73. The predicted molar refractivity (Wildman–Crippen MR) is 70.0 cm³/mol. The first-order valence-corrected chi connectivity index (χ1v) is 6.47. The van der Waals surface area contributed by atoms with Crippen LogP contribution in [0.25, 0.3) is 0 Å². The SMILES string of the molecule is CC(=O)N=c1sccn1C[C@H](O)c1ccccc1. The van der Waals surface area contributed by atoms with Crippen LogP contribution in [0.15, 0.2) is 46.9 Å². The van der Waals surface area contributed by atoms with E-state index in [-0.39, 0.29) is 5.91 Å². The molecule has 1 N–H and O–H groups in total. The van der Waals surface area contributed by atoms with Gasteiger partial charge in [-0.1, -0.05) is 30.3 Å². The number of thiazole rings is 1. The van der Waals surface area contributed by atoms with Gasteiger partial charge in [0, 0.05) is 18.5 Å². The maximum absolute atomic E-state index is 11.0. The first-order valence-electron chi connectivity index (χ1n) is 5.59. The molecule has 0 aliphatic carbocycles. The van der Waals surface area contributed by atoms with Crippen molar-refractivity contribution >= 4 is 17.2 Å². The van der Waals surface area contributed by atoms with E-state index < -0.39 is 6.10 Å². The van der Waals surface area contributed by atoms with Gasteiger partial charge in [-0.15, -0.1) is 11.3 Å². The molecule has 5 heteroatoms. The van der Waals surface area contributed by atoms with Crippen molar-refractivity contribution in [3.05, 3.63) is 52.3 Å². The van der Waals surface area contributed by atoms with Gasteiger partial charge in [0.25, 0.3) is 0 Å². The van der Waals surface area contributed by atoms with Gasteiger partial charge in [0.1, 0.15) is 0 Å². The number of nitrogens with zero attached hydrogens (tertiary/aromatic N) is 2. The van der Waals surface area contributed by atoms with Crippen LogP contribution < -0.4 is 4.80 Å². The molecule has 0 radical (unpaired) electrons. The highest BCUT2D eigenvalue weighted by atomic mass is 32.1. The summed E-state index contributed by atoms with van der Waals surface area (Å²) < 4.78 is 1.78. The van der Waals surface area contributed by atoms with Gasteiger partial charge in [-0.3, -0.25) is 4.79 Å². The zero-order valence-corrected chi connectivity index (χ0v) is 10.8. The highest BCUT2D eigenvalue weighted by Crippen LogP contribution is 2.13. The van der Waals surface area contributed by atoms with Crippen molar-refractivity contribution in [2.45, 2.75) is 19.6 Å². The van der Waals surface area contributed by atoms with Crippen LogP contribution in [0.1, 0.15) is 18.6 Å². The van der Waals surface area contributed by atoms with Crippen molar-refractivity contribution in [1.82, 2.24) is 4.57 Å². The fourth-order valence-electron chi connectivity index (χ4n) is 1.63. The van der Waals surface area contributed by atoms with Crippen LogP contribution in [0.5, 0.6) is 0 Å². The monoisotopic (exact) mass is 262 g/mol. The molecule has 2 aromatic rings. The summed E-state index contributed by atoms with van der Waals surface area (Å²) in [4.78, 5) is 15.5. The maximum Gasteiger partial charge on any atom is 0.245 e. The number of hydrogen-bond donors (Lipinski definition) is 1. The van der Waals surface area contributed by atoms with Crippen LogP contribution in [0.4, 0.5) is 0 Å². The number of benzene rings is 1. The molecule has 2 rings (SSSR count). The molecule has 0 saturated heterocycles. The van der Waals surface area contributed by atoms with Crippen LogP contribution in [0.2, 0.25) is 0 Å². The molecular formula is C13H14N2O2S. The minimum absolute atomic E-state index is 0.236. The summed E-state index contributed by atoms with van der Waals surface area (Å²) in [6.45, 7) is 1.80. The molecule has 0 saturated carbocycles. The van der Waals surface area contributed by atoms with Gasteiger partial charge < -0.3 is 9.67 Å². The summed E-state index contributed by atoms with van der Waals surface area (Å²) in [5.41, 5.74) is 0.852. The lowest BCUT2D eigenvalue weighted by Crippen LogP contribution is -2.19. The third kappa shape index (κ3) is 3.15. The third-order valence-corrected chi connectivity index (χ3v) is 3.26. The van der Waals surface area contributed by atoms with Gasteiger partial charge in [0.05, 0.1) is 12.6 Å². The molecule has 18 heavy (non-hydrogen) atoms. The van der Waals surface area contributed by atoms with Crippen LogP contribution in [-0.4, -0.2) is 15.6 Å². The molecule has 1 aromatic heterocycles. The summed E-state index contributed by atoms with van der Waals surface area (Å²) in [6, 6.07) is 9.43. The molecule has 0 aliphatic rings. The topological polar surface area (TPSA) is 54.6 Å². The summed E-state index contributed by atoms with van der Waals surface area (Å²) in [6.07, 6.45) is 1.21. The van der Waals surface area contributed by atoms with Crippen LogP contribution in [-0.2, 0) is 11.3 Å². The van der Waals surface area contributed by atoms with E-state index >= 15 is 0 Å². The van der Waals surface area contributed by atoms with Crippen molar-refractivity contribution in [3.63, 3.8) is 0 Å². The van der Waals surface area contributed by atoms with Crippen molar-refractivity contribution in [1.29, 1.82) is 0 Å². The minimum Gasteiger partial charge on any atom is -0.387 e. The first kappa shape index (κ1) is 12.7. The molecule has 1 atom stereocenters. The Hall–Kier alpha value is -1.72. The van der Waals surface area contributed by atoms with E-state index in [1.807, 2.05) is 41.9 Å². The van der Waals surface area contributed by atoms with Crippen molar-refractivity contribution in [2.24, 2.45) is 4.99 Å². The number of aliphatic hydroxyl groups excluding tert-OH is 1. The lowest BCUT2D eigenvalue weighted by atomic mass is 10.1. The molecule has 0 bridgehead atoms. The standard InChI is InChI=1S/C13H14N2O2S/c1-10(16)14-13-15(7-8-18-13)9-12(17)11-5-3-2-4-6-11/h2-8,12,17H,9H2,1H3/t12-/m0/s1. The van der Waals surface area contributed by atoms with Gasteiger partial charge in [-0.05, 0) is 5.56 Å². The summed E-state index contributed by atoms with van der Waals surface area (Å²) in [5.74, 6) is -0.236. The molecule has 0 spiro atoms. The Bertz CT molecular complexity index is 586. The second kappa shape index (κ2) is 5.75. The van der Waals surface area contributed by atoms with Crippen LogP contribution >= 0.6 is 11.3 Å². The maximum atomic E-state index is 11.0. The van der Waals surface area contributed by atoms with E-state index in [0.29, 0.717) is 11.3 Å². The second-order valence-corrected chi connectivity index (χ2v) is 4.77. The zero-order valence-electron chi connectivity index (χ0n) is 9.98. The second-order valence-electron chi connectivity index (χ2n) is 3.90. The minimum atomic E-state index is -0.605. The highest BCUT2D eigenvalue weighted by Gasteiger charge is 2.08. The molecule has 0 unspecified atom stereocenters. The Kier molecular flexibility index (Phi) is 4.07. The number of amides is 1. The molecular weight excluding hydrogens is 248 g/mol. The highest BCUT2D eigenvalue weighted by molar-refractivity contribution is 7.07. The Labute approximate surface area is 109 Å². The smallest absolute Gasteiger partial charge is 0.245 e. The Morgan fingerprint density at radius 2 is 2.17 bits per heavy atom. The van der Waals surface area contributed by atoms with E-state index in [1.54, 1.807) is 4.57 Å². The van der Waals surface area contributed by atoms with E-state index in [2.05, 4.69) is 4.99 Å². The van der Waals surface area contributed by atoms with E-state index in [1.165, 1.54) is 18.3 Å². The van der Waals surface area contributed by atoms with Crippen LogP contribution in [0, 0.1) is 0 Å². The summed E-state index contributed by atoms with van der Waals surface area (Å²) in [7, 11) is 0. The number of hydrogen-bond acceptors (Lipinski definition) is 3. The average Bonchev–Trinajstić information content (AvgIpc) is 2.77. The van der Waals surface area contributed by atoms with Gasteiger partial charge in [0.2, 0.25) is 5.91 Å². The quantitative estimate of drug-likeness (QED) is 0.916. The zero-order chi connectivity index (χ0) is 13.0. The van der Waals surface area contributed by atoms with E-state index in [0.717, 1.165) is 5.56 Å². The van der Waals surface area contributed by atoms with Crippen molar-refractivity contribution in [3.8, 4) is 0 Å². The first-order chi connectivity index (χ1) is 8.66. The van der Waals surface area contributed by atoms with Gasteiger partial charge in [0.15, 0.2) is 4.80 Å². The number of aliphatic hydroxyl groups is 1. The Balaban J connectivity index is 2.20. The van der Waals surface area contributed by atoms with E-state index in [9.17, 15) is 9.90 Å². The molecule has 1 heterocycles. The lowest BCUT2D eigenvalue weighted by molar-refractivity contribution is -0.116. The molecule has 1 amide bonds. The fourth-order valence-corrected chi connectivity index (χ4v) is 2.41. The Morgan fingerprint density at radius 3 is 2.83 bits per heavy atom. The molecule has 94 valence electrons. The average molecular weight is 262 g/mol. The number of rotatable bonds is 3. The molecule has 1 aromatic carbocycles. The van der Waals surface area contributed by atoms with Gasteiger partial charge in [-0.25, -0.2) is 0 Å². The largest absolute Gasteiger partial charge is 0.387 e. The summed E-state index contributed by atoms with van der Waals surface area (Å²) >= 11 is 1.38.